The zero-order valence-electron chi connectivity index (χ0n) is 17.2. The average Bonchev–Trinajstić information content (AvgIpc) is 3.41. The summed E-state index contributed by atoms with van der Waals surface area (Å²) < 4.78 is 11.7. The maximum atomic E-state index is 12.9. The van der Waals surface area contributed by atoms with Crippen molar-refractivity contribution >= 4 is 5.91 Å². The van der Waals surface area contributed by atoms with Crippen LogP contribution in [0.2, 0.25) is 0 Å². The lowest BCUT2D eigenvalue weighted by Crippen LogP contribution is -2.38. The Labute approximate surface area is 171 Å². The molecule has 156 valence electrons. The second kappa shape index (κ2) is 8.82. The molecule has 1 aromatic carbocycles. The third-order valence-corrected chi connectivity index (χ3v) is 5.65. The molecule has 0 saturated carbocycles. The average molecular weight is 399 g/mol. The van der Waals surface area contributed by atoms with Crippen molar-refractivity contribution in [3.63, 3.8) is 0 Å². The maximum Gasteiger partial charge on any atom is 0.257 e. The molecule has 4 rings (SSSR count). The van der Waals surface area contributed by atoms with Gasteiger partial charge in [-0.05, 0) is 44.7 Å². The number of nitrogens with one attached hydrogen (secondary N) is 1. The largest absolute Gasteiger partial charge is 0.497 e. The Morgan fingerprint density at radius 3 is 2.62 bits per heavy atom. The van der Waals surface area contributed by atoms with E-state index < -0.39 is 0 Å². The molecule has 1 N–H and O–H groups in total. The van der Waals surface area contributed by atoms with Crippen LogP contribution in [-0.2, 0) is 6.54 Å². The minimum atomic E-state index is 0.0533. The van der Waals surface area contributed by atoms with Crippen LogP contribution >= 0.6 is 0 Å². The van der Waals surface area contributed by atoms with E-state index in [9.17, 15) is 4.79 Å². The van der Waals surface area contributed by atoms with E-state index in [4.69, 9.17) is 9.47 Å². The Kier molecular flexibility index (Phi) is 5.99. The second-order valence-corrected chi connectivity index (χ2v) is 7.79. The van der Waals surface area contributed by atoms with E-state index in [1.54, 1.807) is 7.11 Å². The molecule has 0 bridgehead atoms. The predicted molar refractivity (Wildman–Crippen MR) is 108 cm³/mol. The molecule has 0 spiro atoms. The number of H-pyrrole nitrogens is 1. The first-order chi connectivity index (χ1) is 14.1. The van der Waals surface area contributed by atoms with Crippen LogP contribution in [0.1, 0.15) is 47.7 Å². The number of ether oxygens (including phenoxy) is 2. The van der Waals surface area contributed by atoms with Gasteiger partial charge in [0.15, 0.2) is 5.82 Å². The van der Waals surface area contributed by atoms with Crippen LogP contribution in [0.5, 0.6) is 11.5 Å². The molecule has 2 aliphatic heterocycles. The maximum absolute atomic E-state index is 12.9. The van der Waals surface area contributed by atoms with E-state index in [-0.39, 0.29) is 12.0 Å². The number of aryl methyl sites for hydroxylation is 1. The summed E-state index contributed by atoms with van der Waals surface area (Å²) in [5.41, 5.74) is 0.631. The normalized spacial score (nSPS) is 18.2. The Bertz CT molecular complexity index is 839. The van der Waals surface area contributed by atoms with E-state index in [0.29, 0.717) is 17.1 Å². The molecule has 1 aromatic heterocycles. The molecule has 0 radical (unpaired) electrons. The van der Waals surface area contributed by atoms with Crippen molar-refractivity contribution in [3.8, 4) is 11.5 Å². The van der Waals surface area contributed by atoms with E-state index in [0.717, 1.165) is 70.1 Å². The van der Waals surface area contributed by atoms with E-state index in [1.807, 2.05) is 30.0 Å². The van der Waals surface area contributed by atoms with Crippen LogP contribution in [0.15, 0.2) is 18.2 Å². The number of rotatable bonds is 6. The van der Waals surface area contributed by atoms with Crippen molar-refractivity contribution in [2.24, 2.45) is 0 Å². The van der Waals surface area contributed by atoms with E-state index >= 15 is 0 Å². The molecule has 3 heterocycles. The number of likely N-dealkylation sites (tertiary alicyclic amines) is 2. The monoisotopic (exact) mass is 399 g/mol. The standard InChI is InChI=1S/C21H29N5O3/c1-15-22-20(24-23-15)14-25-11-7-16(8-12-25)29-19-13-17(28-2)5-6-18(19)21(27)26-9-3-4-10-26/h5-6,13,16H,3-4,7-12,14H2,1-2H3,(H,22,23,24). The summed E-state index contributed by atoms with van der Waals surface area (Å²) in [5, 5.41) is 7.11. The van der Waals surface area contributed by atoms with Gasteiger partial charge in [0.2, 0.25) is 0 Å². The number of hydrogen-bond donors (Lipinski definition) is 1. The molecular formula is C21H29N5O3. The Morgan fingerprint density at radius 2 is 1.97 bits per heavy atom. The van der Waals surface area contributed by atoms with Crippen LogP contribution < -0.4 is 9.47 Å². The fraction of sp³-hybridized carbons (Fsp3) is 0.571. The number of carbonyl (C=O) groups is 1. The summed E-state index contributed by atoms with van der Waals surface area (Å²) >= 11 is 0. The number of nitrogens with zero attached hydrogens (tertiary/aromatic N) is 4. The number of aromatic amines is 1. The number of aromatic nitrogens is 3. The van der Waals surface area contributed by atoms with Gasteiger partial charge in [-0.15, -0.1) is 0 Å². The highest BCUT2D eigenvalue weighted by Crippen LogP contribution is 2.30. The summed E-state index contributed by atoms with van der Waals surface area (Å²) in [6.07, 6.45) is 4.02. The fourth-order valence-corrected chi connectivity index (χ4v) is 4.02. The lowest BCUT2D eigenvalue weighted by atomic mass is 10.1. The molecule has 1 amide bonds. The summed E-state index contributed by atoms with van der Waals surface area (Å²) in [5.74, 6) is 3.05. The van der Waals surface area contributed by atoms with Crippen LogP contribution in [-0.4, -0.2) is 70.3 Å². The number of carbonyl (C=O) groups excluding carboxylic acids is 1. The summed E-state index contributed by atoms with van der Waals surface area (Å²) in [6.45, 7) is 6.13. The number of amides is 1. The highest BCUT2D eigenvalue weighted by Gasteiger charge is 2.26. The van der Waals surface area contributed by atoms with Crippen LogP contribution in [0, 0.1) is 6.92 Å². The summed E-state index contributed by atoms with van der Waals surface area (Å²) in [6, 6.07) is 5.50. The SMILES string of the molecule is COc1ccc(C(=O)N2CCCC2)c(OC2CCN(Cc3n[nH]c(C)n3)CC2)c1. The number of methoxy groups -OCH3 is 1. The topological polar surface area (TPSA) is 83.6 Å². The van der Waals surface area contributed by atoms with Gasteiger partial charge in [0.25, 0.3) is 5.91 Å². The van der Waals surface area contributed by atoms with Gasteiger partial charge in [-0.1, -0.05) is 0 Å². The van der Waals surface area contributed by atoms with Crippen LogP contribution in [0.4, 0.5) is 0 Å². The fourth-order valence-electron chi connectivity index (χ4n) is 4.02. The van der Waals surface area contributed by atoms with E-state index in [1.165, 1.54) is 0 Å². The lowest BCUT2D eigenvalue weighted by molar-refractivity contribution is 0.0763. The van der Waals surface area contributed by atoms with Crippen LogP contribution in [0.25, 0.3) is 0 Å². The van der Waals surface area contributed by atoms with Gasteiger partial charge >= 0.3 is 0 Å². The van der Waals surface area contributed by atoms with Crippen molar-refractivity contribution in [1.82, 2.24) is 25.0 Å². The molecule has 8 heteroatoms. The van der Waals surface area contributed by atoms with Gasteiger partial charge in [0.1, 0.15) is 23.4 Å². The summed E-state index contributed by atoms with van der Waals surface area (Å²) in [4.78, 5) is 21.6. The Morgan fingerprint density at radius 1 is 1.21 bits per heavy atom. The highest BCUT2D eigenvalue weighted by molar-refractivity contribution is 5.97. The van der Waals surface area contributed by atoms with Crippen molar-refractivity contribution in [3.05, 3.63) is 35.4 Å². The number of piperidine rings is 1. The molecule has 29 heavy (non-hydrogen) atoms. The first kappa shape index (κ1) is 19.7. The van der Waals surface area contributed by atoms with Gasteiger partial charge in [0.05, 0.1) is 19.2 Å². The highest BCUT2D eigenvalue weighted by atomic mass is 16.5. The number of benzene rings is 1. The van der Waals surface area contributed by atoms with Gasteiger partial charge < -0.3 is 14.4 Å². The number of hydrogen-bond acceptors (Lipinski definition) is 6. The quantitative estimate of drug-likeness (QED) is 0.803. The molecule has 2 saturated heterocycles. The van der Waals surface area contributed by atoms with Crippen molar-refractivity contribution < 1.29 is 14.3 Å². The Balaban J connectivity index is 1.40. The molecule has 0 unspecified atom stereocenters. The first-order valence-corrected chi connectivity index (χ1v) is 10.4. The molecule has 0 atom stereocenters. The summed E-state index contributed by atoms with van der Waals surface area (Å²) in [7, 11) is 1.63. The molecule has 2 fully saturated rings. The van der Waals surface area contributed by atoms with Gasteiger partial charge in [-0.3, -0.25) is 14.8 Å². The van der Waals surface area contributed by atoms with Crippen molar-refractivity contribution in [2.45, 2.75) is 45.3 Å². The molecular weight excluding hydrogens is 370 g/mol. The van der Waals surface area contributed by atoms with Crippen LogP contribution in [0.3, 0.4) is 0 Å². The first-order valence-electron chi connectivity index (χ1n) is 10.4. The molecule has 0 aliphatic carbocycles. The van der Waals surface area contributed by atoms with Gasteiger partial charge in [-0.25, -0.2) is 4.98 Å². The third-order valence-electron chi connectivity index (χ3n) is 5.65. The van der Waals surface area contributed by atoms with Crippen molar-refractivity contribution in [2.75, 3.05) is 33.3 Å². The van der Waals surface area contributed by atoms with Gasteiger partial charge in [-0.2, -0.15) is 5.10 Å². The van der Waals surface area contributed by atoms with Gasteiger partial charge in [0, 0.05) is 32.2 Å². The minimum absolute atomic E-state index is 0.0533. The molecule has 2 aromatic rings. The molecule has 8 nitrogen and oxygen atoms in total. The zero-order chi connectivity index (χ0) is 20.2. The Hall–Kier alpha value is -2.61. The molecule has 2 aliphatic rings. The third kappa shape index (κ3) is 4.70. The second-order valence-electron chi connectivity index (χ2n) is 7.79. The van der Waals surface area contributed by atoms with Crippen molar-refractivity contribution in [1.29, 1.82) is 0 Å². The minimum Gasteiger partial charge on any atom is -0.497 e. The zero-order valence-corrected chi connectivity index (χ0v) is 17.2. The van der Waals surface area contributed by atoms with E-state index in [2.05, 4.69) is 20.1 Å². The lowest BCUT2D eigenvalue weighted by Gasteiger charge is -2.32. The smallest absolute Gasteiger partial charge is 0.257 e. The predicted octanol–water partition coefficient (Wildman–Crippen LogP) is 2.40.